The molecular weight excluding hydrogens is 380 g/mol. The lowest BCUT2D eigenvalue weighted by Gasteiger charge is -2.53. The average Bonchev–Trinajstić information content (AvgIpc) is 3.14. The second-order valence-electron chi connectivity index (χ2n) is 10.2. The van der Waals surface area contributed by atoms with Crippen LogP contribution in [0.2, 0.25) is 0 Å². The smallest absolute Gasteiger partial charge is 0.316 e. The van der Waals surface area contributed by atoms with E-state index >= 15 is 0 Å². The van der Waals surface area contributed by atoms with E-state index in [0.29, 0.717) is 24.8 Å². The van der Waals surface area contributed by atoms with Crippen LogP contribution in [0.4, 0.5) is 0 Å². The number of fused-ring (bicyclic) bond motifs is 3. The molecule has 1 N–H and O–H groups in total. The van der Waals surface area contributed by atoms with Gasteiger partial charge >= 0.3 is 5.97 Å². The molecule has 0 amide bonds. The number of ketones is 2. The zero-order valence-electron chi connectivity index (χ0n) is 18.0. The molecule has 5 aliphatic rings. The Labute approximate surface area is 177 Å². The zero-order valence-corrected chi connectivity index (χ0v) is 18.0. The molecule has 0 radical (unpaired) electrons. The predicted molar refractivity (Wildman–Crippen MR) is 110 cm³/mol. The van der Waals surface area contributed by atoms with Gasteiger partial charge in [0.05, 0.1) is 18.1 Å². The van der Waals surface area contributed by atoms with Gasteiger partial charge in [-0.1, -0.05) is 25.5 Å². The van der Waals surface area contributed by atoms with Crippen molar-refractivity contribution in [2.45, 2.75) is 71.8 Å². The minimum atomic E-state index is -1.10. The lowest BCUT2D eigenvalue weighted by atomic mass is 9.50. The number of allylic oxidation sites excluding steroid dienone is 4. The normalized spacial score (nSPS) is 42.1. The molecular formula is C25H30O5. The summed E-state index contributed by atoms with van der Waals surface area (Å²) in [4.78, 5) is 38.6. The van der Waals surface area contributed by atoms with Crippen LogP contribution in [-0.4, -0.2) is 35.4 Å². The fraction of sp³-hybridized carbons (Fsp3) is 0.640. The van der Waals surface area contributed by atoms with E-state index in [1.165, 1.54) is 0 Å². The Hall–Kier alpha value is -2.01. The SMILES string of the molecule is CCOC(=O)[C@H]1C2=C(CCC34C(=O)CC[C@]3(C)CC=C24)C2(C)CCC(=O)C=C2[C@@H]1O. The van der Waals surface area contributed by atoms with E-state index in [4.69, 9.17) is 4.74 Å². The molecule has 5 nitrogen and oxygen atoms in total. The Morgan fingerprint density at radius 2 is 1.93 bits per heavy atom. The lowest BCUT2D eigenvalue weighted by Crippen LogP contribution is -2.51. The standard InChI is InChI=1S/C25H30O5/c1-4-30-22(29)20-19-15(24(3)11-5-14(26)13-17(24)21(20)28)7-12-25-16(19)6-9-23(25,2)10-8-18(25)27/h6,13,20-21,28H,4-5,7-12H2,1-3H3/t20-,21-,23-,24?,25?/m0/s1. The van der Waals surface area contributed by atoms with Gasteiger partial charge in [0, 0.05) is 18.3 Å². The van der Waals surface area contributed by atoms with Gasteiger partial charge in [0.25, 0.3) is 0 Å². The number of aliphatic hydroxyl groups is 1. The van der Waals surface area contributed by atoms with Gasteiger partial charge in [0.2, 0.25) is 0 Å². The summed E-state index contributed by atoms with van der Waals surface area (Å²) in [6.07, 6.45) is 7.46. The van der Waals surface area contributed by atoms with Gasteiger partial charge in [-0.05, 0) is 67.2 Å². The summed E-state index contributed by atoms with van der Waals surface area (Å²) in [7, 11) is 0. The number of carbonyl (C=O) groups is 3. The van der Waals surface area contributed by atoms with Crippen molar-refractivity contribution in [2.75, 3.05) is 6.61 Å². The summed E-state index contributed by atoms with van der Waals surface area (Å²) >= 11 is 0. The molecule has 5 rings (SSSR count). The van der Waals surface area contributed by atoms with Crippen LogP contribution < -0.4 is 0 Å². The van der Waals surface area contributed by atoms with Crippen molar-refractivity contribution in [2.24, 2.45) is 22.2 Å². The minimum absolute atomic E-state index is 0.000841. The third-order valence-corrected chi connectivity index (χ3v) is 8.97. The number of rotatable bonds is 2. The molecule has 0 heterocycles. The highest BCUT2D eigenvalue weighted by molar-refractivity contribution is 5.96. The first kappa shape index (κ1) is 19.9. The summed E-state index contributed by atoms with van der Waals surface area (Å²) in [5.41, 5.74) is 2.49. The van der Waals surface area contributed by atoms with E-state index in [1.807, 2.05) is 0 Å². The van der Waals surface area contributed by atoms with E-state index in [2.05, 4.69) is 19.9 Å². The Kier molecular flexibility index (Phi) is 4.15. The molecule has 5 aliphatic carbocycles. The number of carbonyl (C=O) groups excluding carboxylic acids is 3. The van der Waals surface area contributed by atoms with Crippen LogP contribution in [0.5, 0.6) is 0 Å². The molecule has 5 atom stereocenters. The van der Waals surface area contributed by atoms with Crippen LogP contribution >= 0.6 is 0 Å². The van der Waals surface area contributed by atoms with Crippen molar-refractivity contribution in [3.63, 3.8) is 0 Å². The summed E-state index contributed by atoms with van der Waals surface area (Å²) in [5.74, 6) is -1.05. The molecule has 0 saturated heterocycles. The Bertz CT molecular complexity index is 968. The topological polar surface area (TPSA) is 80.7 Å². The predicted octanol–water partition coefficient (Wildman–Crippen LogP) is 3.61. The van der Waals surface area contributed by atoms with Gasteiger partial charge in [0.15, 0.2) is 5.78 Å². The molecule has 1 saturated carbocycles. The fourth-order valence-electron chi connectivity index (χ4n) is 7.34. The Balaban J connectivity index is 1.76. The average molecular weight is 411 g/mol. The van der Waals surface area contributed by atoms with Crippen molar-refractivity contribution >= 4 is 17.5 Å². The first-order valence-electron chi connectivity index (χ1n) is 11.3. The monoisotopic (exact) mass is 410 g/mol. The Morgan fingerprint density at radius 3 is 2.67 bits per heavy atom. The summed E-state index contributed by atoms with van der Waals surface area (Å²) in [6.45, 7) is 6.28. The quantitative estimate of drug-likeness (QED) is 0.704. The van der Waals surface area contributed by atoms with Crippen molar-refractivity contribution < 1.29 is 24.2 Å². The molecule has 0 aliphatic heterocycles. The zero-order chi connectivity index (χ0) is 21.5. The fourth-order valence-corrected chi connectivity index (χ4v) is 7.34. The summed E-state index contributed by atoms with van der Waals surface area (Å²) in [5, 5.41) is 11.4. The van der Waals surface area contributed by atoms with E-state index in [1.54, 1.807) is 13.0 Å². The van der Waals surface area contributed by atoms with Gasteiger partial charge in [0.1, 0.15) is 11.7 Å². The third-order valence-electron chi connectivity index (χ3n) is 8.97. The van der Waals surface area contributed by atoms with Crippen LogP contribution in [-0.2, 0) is 19.1 Å². The number of hydrogen-bond donors (Lipinski definition) is 1. The van der Waals surface area contributed by atoms with Crippen molar-refractivity contribution in [3.05, 3.63) is 34.4 Å². The molecule has 0 aromatic heterocycles. The summed E-state index contributed by atoms with van der Waals surface area (Å²) in [6, 6.07) is 0. The van der Waals surface area contributed by atoms with E-state index in [9.17, 15) is 19.5 Å². The van der Waals surface area contributed by atoms with Gasteiger partial charge in [-0.3, -0.25) is 14.4 Å². The largest absolute Gasteiger partial charge is 0.465 e. The number of aliphatic hydroxyl groups excluding tert-OH is 1. The maximum Gasteiger partial charge on any atom is 0.316 e. The minimum Gasteiger partial charge on any atom is -0.465 e. The van der Waals surface area contributed by atoms with E-state index in [0.717, 1.165) is 42.4 Å². The lowest BCUT2D eigenvalue weighted by molar-refractivity contribution is -0.150. The number of Topliss-reactive ketones (excluding diaryl/α,β-unsaturated/α-hetero) is 1. The van der Waals surface area contributed by atoms with Crippen molar-refractivity contribution in [3.8, 4) is 0 Å². The number of ether oxygens (including phenoxy) is 1. The molecule has 0 aromatic rings. The van der Waals surface area contributed by atoms with Gasteiger partial charge in [-0.15, -0.1) is 0 Å². The molecule has 160 valence electrons. The summed E-state index contributed by atoms with van der Waals surface area (Å²) < 4.78 is 5.39. The Morgan fingerprint density at radius 1 is 1.17 bits per heavy atom. The molecule has 0 aromatic carbocycles. The van der Waals surface area contributed by atoms with Crippen LogP contribution in [0, 0.1) is 22.2 Å². The van der Waals surface area contributed by atoms with Gasteiger partial charge in [-0.2, -0.15) is 0 Å². The van der Waals surface area contributed by atoms with Crippen molar-refractivity contribution in [1.29, 1.82) is 0 Å². The number of esters is 1. The number of hydrogen-bond acceptors (Lipinski definition) is 5. The molecule has 2 unspecified atom stereocenters. The second-order valence-corrected chi connectivity index (χ2v) is 10.2. The highest BCUT2D eigenvalue weighted by Crippen LogP contribution is 2.70. The van der Waals surface area contributed by atoms with Crippen LogP contribution in [0.3, 0.4) is 0 Å². The molecule has 1 fully saturated rings. The molecule has 5 heteroatoms. The maximum absolute atomic E-state index is 13.3. The van der Waals surface area contributed by atoms with Crippen LogP contribution in [0.15, 0.2) is 34.4 Å². The van der Waals surface area contributed by atoms with Gasteiger partial charge in [-0.25, -0.2) is 0 Å². The van der Waals surface area contributed by atoms with Gasteiger partial charge < -0.3 is 9.84 Å². The first-order valence-corrected chi connectivity index (χ1v) is 11.3. The van der Waals surface area contributed by atoms with Crippen molar-refractivity contribution in [1.82, 2.24) is 0 Å². The second kappa shape index (κ2) is 6.25. The van der Waals surface area contributed by atoms with Crippen LogP contribution in [0.25, 0.3) is 0 Å². The molecule has 30 heavy (non-hydrogen) atoms. The highest BCUT2D eigenvalue weighted by Gasteiger charge is 2.66. The molecule has 0 bridgehead atoms. The van der Waals surface area contributed by atoms with E-state index in [-0.39, 0.29) is 23.6 Å². The van der Waals surface area contributed by atoms with E-state index < -0.39 is 28.8 Å². The first-order chi connectivity index (χ1) is 14.2. The third kappa shape index (κ3) is 2.20. The maximum atomic E-state index is 13.3. The highest BCUT2D eigenvalue weighted by atomic mass is 16.5. The van der Waals surface area contributed by atoms with Crippen LogP contribution in [0.1, 0.15) is 65.7 Å². The molecule has 1 spiro atoms.